The van der Waals surface area contributed by atoms with E-state index in [1.54, 1.807) is 6.26 Å². The van der Waals surface area contributed by atoms with Crippen molar-refractivity contribution in [2.75, 3.05) is 19.3 Å². The van der Waals surface area contributed by atoms with Gasteiger partial charge in [-0.2, -0.15) is 0 Å². The van der Waals surface area contributed by atoms with Crippen LogP contribution in [0.5, 0.6) is 0 Å². The molecule has 4 unspecified atom stereocenters. The number of hydrogen-bond acceptors (Lipinski definition) is 2. The molecule has 0 aromatic carbocycles. The average molecular weight is 243 g/mol. The van der Waals surface area contributed by atoms with Crippen molar-refractivity contribution in [3.63, 3.8) is 0 Å². The molecule has 0 amide bonds. The van der Waals surface area contributed by atoms with Crippen LogP contribution < -0.4 is 5.32 Å². The van der Waals surface area contributed by atoms with Crippen molar-refractivity contribution < 1.29 is 4.21 Å². The second-order valence-corrected chi connectivity index (χ2v) is 7.07. The van der Waals surface area contributed by atoms with Gasteiger partial charge in [-0.15, -0.1) is 0 Å². The molecular weight excluding hydrogens is 218 g/mol. The molecular formula is C13H25NOS. The van der Waals surface area contributed by atoms with Gasteiger partial charge in [0.25, 0.3) is 0 Å². The van der Waals surface area contributed by atoms with E-state index in [1.807, 2.05) is 6.92 Å². The van der Waals surface area contributed by atoms with Gasteiger partial charge in [0.15, 0.2) is 0 Å². The van der Waals surface area contributed by atoms with Crippen LogP contribution in [0.15, 0.2) is 11.6 Å². The molecule has 2 nitrogen and oxygen atoms in total. The van der Waals surface area contributed by atoms with E-state index in [2.05, 4.69) is 25.2 Å². The fourth-order valence-electron chi connectivity index (χ4n) is 2.45. The summed E-state index contributed by atoms with van der Waals surface area (Å²) in [6.07, 6.45) is 6.68. The lowest BCUT2D eigenvalue weighted by molar-refractivity contribution is 0.382. The van der Waals surface area contributed by atoms with Gasteiger partial charge >= 0.3 is 0 Å². The van der Waals surface area contributed by atoms with E-state index in [1.165, 1.54) is 18.4 Å². The summed E-state index contributed by atoms with van der Waals surface area (Å²) in [5.41, 5.74) is 1.53. The maximum Gasteiger partial charge on any atom is 0.0441 e. The first-order chi connectivity index (χ1) is 7.49. The first-order valence-corrected chi connectivity index (χ1v) is 7.81. The van der Waals surface area contributed by atoms with Gasteiger partial charge in [0.05, 0.1) is 0 Å². The van der Waals surface area contributed by atoms with E-state index in [0.29, 0.717) is 0 Å². The van der Waals surface area contributed by atoms with Crippen LogP contribution in [-0.4, -0.2) is 28.8 Å². The zero-order chi connectivity index (χ0) is 12.1. The summed E-state index contributed by atoms with van der Waals surface area (Å²) in [5.74, 6) is 1.48. The molecule has 0 heterocycles. The third kappa shape index (κ3) is 4.79. The van der Waals surface area contributed by atoms with Crippen molar-refractivity contribution in [1.82, 2.24) is 5.32 Å². The summed E-state index contributed by atoms with van der Waals surface area (Å²) in [4.78, 5) is 0. The second-order valence-electron chi connectivity index (χ2n) is 5.26. The summed E-state index contributed by atoms with van der Waals surface area (Å²) in [6.45, 7) is 8.50. The third-order valence-electron chi connectivity index (χ3n) is 3.32. The Labute approximate surface area is 102 Å². The molecule has 4 atom stereocenters. The molecule has 1 rings (SSSR count). The number of nitrogens with one attached hydrogen (secondary N) is 1. The molecule has 0 aliphatic heterocycles. The molecule has 3 heteroatoms. The Balaban J connectivity index is 2.24. The molecule has 0 saturated heterocycles. The number of rotatable bonds is 5. The highest BCUT2D eigenvalue weighted by Gasteiger charge is 2.17. The Kier molecular flexibility index (Phi) is 5.70. The van der Waals surface area contributed by atoms with Crippen LogP contribution in [0.4, 0.5) is 0 Å². The Morgan fingerprint density at radius 1 is 1.62 bits per heavy atom. The highest BCUT2D eigenvalue weighted by atomic mass is 32.2. The number of hydrogen-bond donors (Lipinski definition) is 1. The van der Waals surface area contributed by atoms with Crippen LogP contribution in [0, 0.1) is 11.8 Å². The number of allylic oxidation sites excluding steroid dienone is 2. The highest BCUT2D eigenvalue weighted by molar-refractivity contribution is 7.84. The summed E-state index contributed by atoms with van der Waals surface area (Å²) in [5, 5.41) is 3.72. The van der Waals surface area contributed by atoms with Crippen molar-refractivity contribution in [3.05, 3.63) is 11.6 Å². The van der Waals surface area contributed by atoms with Gasteiger partial charge in [0, 0.05) is 28.9 Å². The fraction of sp³-hybridized carbons (Fsp3) is 0.846. The van der Waals surface area contributed by atoms with Crippen molar-refractivity contribution in [2.45, 2.75) is 38.9 Å². The highest BCUT2D eigenvalue weighted by Crippen LogP contribution is 2.27. The maximum absolute atomic E-state index is 11.2. The van der Waals surface area contributed by atoms with E-state index >= 15 is 0 Å². The topological polar surface area (TPSA) is 29.1 Å². The predicted molar refractivity (Wildman–Crippen MR) is 72.0 cm³/mol. The first kappa shape index (κ1) is 13.9. The van der Waals surface area contributed by atoms with Crippen LogP contribution >= 0.6 is 0 Å². The van der Waals surface area contributed by atoms with Crippen molar-refractivity contribution in [1.29, 1.82) is 0 Å². The lowest BCUT2D eigenvalue weighted by atomic mass is 9.84. The molecule has 1 aliphatic carbocycles. The fourth-order valence-corrected chi connectivity index (χ4v) is 2.80. The lowest BCUT2D eigenvalue weighted by Crippen LogP contribution is -2.32. The molecule has 16 heavy (non-hydrogen) atoms. The van der Waals surface area contributed by atoms with Crippen LogP contribution in [0.1, 0.15) is 33.6 Å². The molecule has 0 radical (unpaired) electrons. The van der Waals surface area contributed by atoms with E-state index in [4.69, 9.17) is 0 Å². The van der Waals surface area contributed by atoms with Crippen molar-refractivity contribution in [2.24, 2.45) is 11.8 Å². The van der Waals surface area contributed by atoms with Crippen LogP contribution in [0.25, 0.3) is 0 Å². The van der Waals surface area contributed by atoms with Gasteiger partial charge in [-0.1, -0.05) is 18.6 Å². The Hall–Kier alpha value is -0.150. The Morgan fingerprint density at radius 3 is 2.88 bits per heavy atom. The summed E-state index contributed by atoms with van der Waals surface area (Å²) in [6, 6.07) is 0. The summed E-state index contributed by atoms with van der Waals surface area (Å²) >= 11 is 0. The lowest BCUT2D eigenvalue weighted by Gasteiger charge is -2.26. The zero-order valence-corrected chi connectivity index (χ0v) is 11.8. The van der Waals surface area contributed by atoms with Gasteiger partial charge < -0.3 is 5.32 Å². The molecule has 94 valence electrons. The SMILES string of the molecule is CC1=CC(C)CC(CNCC(C)S(C)=O)C1. The van der Waals surface area contributed by atoms with Crippen molar-refractivity contribution >= 4 is 10.8 Å². The minimum absolute atomic E-state index is 0.262. The molecule has 1 aliphatic rings. The van der Waals surface area contributed by atoms with E-state index < -0.39 is 10.8 Å². The van der Waals surface area contributed by atoms with Gasteiger partial charge in [-0.3, -0.25) is 4.21 Å². The maximum atomic E-state index is 11.2. The third-order valence-corrected chi connectivity index (χ3v) is 4.62. The minimum atomic E-state index is -0.705. The van der Waals surface area contributed by atoms with Crippen LogP contribution in [0.2, 0.25) is 0 Å². The van der Waals surface area contributed by atoms with E-state index in [-0.39, 0.29) is 5.25 Å². The summed E-state index contributed by atoms with van der Waals surface area (Å²) < 4.78 is 11.2. The standard InChI is InChI=1S/C13H25NOS/c1-10-5-11(2)7-13(6-10)9-14-8-12(3)16(4)15/h5,10,12-14H,6-9H2,1-4H3. The predicted octanol–water partition coefficient (Wildman–Crippen LogP) is 2.34. The second kappa shape index (κ2) is 6.55. The van der Waals surface area contributed by atoms with Gasteiger partial charge in [-0.25, -0.2) is 0 Å². The zero-order valence-electron chi connectivity index (χ0n) is 11.0. The van der Waals surface area contributed by atoms with Crippen molar-refractivity contribution in [3.8, 4) is 0 Å². The van der Waals surface area contributed by atoms with Gasteiger partial charge in [-0.05, 0) is 45.1 Å². The van der Waals surface area contributed by atoms with Crippen LogP contribution in [-0.2, 0) is 10.8 Å². The monoisotopic (exact) mass is 243 g/mol. The minimum Gasteiger partial charge on any atom is -0.315 e. The normalized spacial score (nSPS) is 29.6. The molecule has 1 N–H and O–H groups in total. The smallest absolute Gasteiger partial charge is 0.0441 e. The van der Waals surface area contributed by atoms with Gasteiger partial charge in [0.2, 0.25) is 0 Å². The molecule has 0 fully saturated rings. The molecule has 0 aromatic rings. The average Bonchev–Trinajstić information content (AvgIpc) is 2.15. The molecule has 0 aromatic heterocycles. The molecule has 0 spiro atoms. The largest absolute Gasteiger partial charge is 0.315 e. The van der Waals surface area contributed by atoms with Gasteiger partial charge in [0.1, 0.15) is 0 Å². The van der Waals surface area contributed by atoms with E-state index in [9.17, 15) is 4.21 Å². The molecule has 0 saturated carbocycles. The van der Waals surface area contributed by atoms with E-state index in [0.717, 1.165) is 24.9 Å². The quantitative estimate of drug-likeness (QED) is 0.751. The molecule has 0 bridgehead atoms. The van der Waals surface area contributed by atoms with Crippen LogP contribution in [0.3, 0.4) is 0 Å². The Morgan fingerprint density at radius 2 is 2.31 bits per heavy atom. The Bertz CT molecular complexity index is 275. The summed E-state index contributed by atoms with van der Waals surface area (Å²) in [7, 11) is -0.705. The first-order valence-electron chi connectivity index (χ1n) is 6.19.